The van der Waals surface area contributed by atoms with E-state index in [4.69, 9.17) is 11.1 Å². The summed E-state index contributed by atoms with van der Waals surface area (Å²) in [6.45, 7) is 7.08. The Kier molecular flexibility index (Phi) is 4.03. The van der Waals surface area contributed by atoms with E-state index in [0.29, 0.717) is 22.4 Å². The summed E-state index contributed by atoms with van der Waals surface area (Å²) in [5.41, 5.74) is 7.86. The van der Waals surface area contributed by atoms with E-state index in [0.717, 1.165) is 0 Å². The van der Waals surface area contributed by atoms with Crippen molar-refractivity contribution in [1.82, 2.24) is 9.38 Å². The lowest BCUT2D eigenvalue weighted by molar-refractivity contribution is 0.475. The smallest absolute Gasteiger partial charge is 0.261 e. The Morgan fingerprint density at radius 1 is 1.41 bits per heavy atom. The number of nitrogens with one attached hydrogen (secondary N) is 1. The highest BCUT2D eigenvalue weighted by molar-refractivity contribution is 6.22. The van der Waals surface area contributed by atoms with Crippen LogP contribution in [0.25, 0.3) is 11.2 Å². The minimum Gasteiger partial charge on any atom is -0.504 e. The maximum absolute atomic E-state index is 12.4. The zero-order valence-corrected chi connectivity index (χ0v) is 13.1. The molecule has 0 aliphatic rings. The first kappa shape index (κ1) is 15.8. The molecule has 0 bridgehead atoms. The van der Waals surface area contributed by atoms with Crippen LogP contribution in [0.15, 0.2) is 29.0 Å². The van der Waals surface area contributed by atoms with Gasteiger partial charge in [-0.25, -0.2) is 4.98 Å². The Bertz CT molecular complexity index is 843. The standard InChI is InChI=1S/C16H20N4O2/c1-8(2)12-7-19-15-14(21)11(5-6-20(15)16(12)22)13(9(3)17)10(4)18/h5-8,17,21H,18H2,1-4H3/b13-10+,17-9?. The quantitative estimate of drug-likeness (QED) is 0.756. The largest absolute Gasteiger partial charge is 0.504 e. The van der Waals surface area contributed by atoms with Gasteiger partial charge in [0.1, 0.15) is 0 Å². The lowest BCUT2D eigenvalue weighted by Crippen LogP contribution is -2.20. The molecule has 0 radical (unpaired) electrons. The average Bonchev–Trinajstić information content (AvgIpc) is 2.41. The summed E-state index contributed by atoms with van der Waals surface area (Å²) in [5.74, 6) is -0.106. The van der Waals surface area contributed by atoms with Crippen molar-refractivity contribution < 1.29 is 5.11 Å². The topological polar surface area (TPSA) is 104 Å². The lowest BCUT2D eigenvalue weighted by atomic mass is 10.00. The number of pyridine rings is 1. The molecule has 0 atom stereocenters. The van der Waals surface area contributed by atoms with Crippen molar-refractivity contribution in [3.05, 3.63) is 45.6 Å². The van der Waals surface area contributed by atoms with E-state index >= 15 is 0 Å². The van der Waals surface area contributed by atoms with Crippen molar-refractivity contribution >= 4 is 16.9 Å². The predicted octanol–water partition coefficient (Wildman–Crippen LogP) is 2.25. The third-order valence-electron chi connectivity index (χ3n) is 3.54. The van der Waals surface area contributed by atoms with Crippen LogP contribution in [0, 0.1) is 5.41 Å². The lowest BCUT2D eigenvalue weighted by Gasteiger charge is -2.13. The average molecular weight is 300 g/mol. The van der Waals surface area contributed by atoms with E-state index in [1.54, 1.807) is 26.1 Å². The van der Waals surface area contributed by atoms with Crippen LogP contribution in [0.5, 0.6) is 5.75 Å². The van der Waals surface area contributed by atoms with Gasteiger partial charge in [-0.05, 0) is 25.8 Å². The maximum Gasteiger partial charge on any atom is 0.261 e. The predicted molar refractivity (Wildman–Crippen MR) is 87.4 cm³/mol. The number of aromatic hydroxyl groups is 1. The molecule has 2 aromatic heterocycles. The van der Waals surface area contributed by atoms with E-state index in [1.165, 1.54) is 10.6 Å². The van der Waals surface area contributed by atoms with Crippen LogP contribution in [0.4, 0.5) is 0 Å². The van der Waals surface area contributed by atoms with Gasteiger partial charge in [0.2, 0.25) is 0 Å². The van der Waals surface area contributed by atoms with Crippen LogP contribution in [0.3, 0.4) is 0 Å². The van der Waals surface area contributed by atoms with Crippen LogP contribution in [-0.4, -0.2) is 20.2 Å². The molecule has 6 nitrogen and oxygen atoms in total. The van der Waals surface area contributed by atoms with Gasteiger partial charge in [0.15, 0.2) is 11.4 Å². The molecule has 0 spiro atoms. The van der Waals surface area contributed by atoms with Gasteiger partial charge in [-0.15, -0.1) is 0 Å². The first-order chi connectivity index (χ1) is 10.3. The molecule has 116 valence electrons. The minimum absolute atomic E-state index is 0.0456. The molecule has 4 N–H and O–H groups in total. The van der Waals surface area contributed by atoms with Gasteiger partial charge in [-0.2, -0.15) is 0 Å². The van der Waals surface area contributed by atoms with E-state index in [1.807, 2.05) is 13.8 Å². The Labute approximate surface area is 128 Å². The van der Waals surface area contributed by atoms with E-state index in [-0.39, 0.29) is 28.6 Å². The number of hydrogen-bond donors (Lipinski definition) is 3. The third-order valence-corrected chi connectivity index (χ3v) is 3.54. The molecule has 0 aliphatic carbocycles. The summed E-state index contributed by atoms with van der Waals surface area (Å²) in [4.78, 5) is 16.6. The minimum atomic E-state index is -0.205. The van der Waals surface area contributed by atoms with Crippen molar-refractivity contribution in [2.45, 2.75) is 33.6 Å². The summed E-state index contributed by atoms with van der Waals surface area (Å²) in [6, 6.07) is 1.58. The van der Waals surface area contributed by atoms with Crippen molar-refractivity contribution in [2.24, 2.45) is 5.73 Å². The van der Waals surface area contributed by atoms with Crippen LogP contribution in [0.2, 0.25) is 0 Å². The summed E-state index contributed by atoms with van der Waals surface area (Å²) in [7, 11) is 0. The van der Waals surface area contributed by atoms with Crippen molar-refractivity contribution in [1.29, 1.82) is 5.41 Å². The monoisotopic (exact) mass is 300 g/mol. The number of nitrogens with zero attached hydrogens (tertiary/aromatic N) is 2. The summed E-state index contributed by atoms with van der Waals surface area (Å²) in [6.07, 6.45) is 3.04. The molecule has 22 heavy (non-hydrogen) atoms. The molecule has 0 unspecified atom stereocenters. The van der Waals surface area contributed by atoms with Crippen LogP contribution in [-0.2, 0) is 0 Å². The molecule has 0 saturated carbocycles. The number of nitrogens with two attached hydrogens (primary N) is 1. The Hall–Kier alpha value is -2.63. The summed E-state index contributed by atoms with van der Waals surface area (Å²) < 4.78 is 1.32. The zero-order chi connectivity index (χ0) is 16.6. The Morgan fingerprint density at radius 2 is 2.05 bits per heavy atom. The second kappa shape index (κ2) is 5.63. The normalized spacial score (nSPS) is 12.6. The molecule has 2 aromatic rings. The molecule has 0 aromatic carbocycles. The number of hydrogen-bond acceptors (Lipinski definition) is 5. The van der Waals surface area contributed by atoms with E-state index in [9.17, 15) is 9.90 Å². The highest BCUT2D eigenvalue weighted by Gasteiger charge is 2.17. The molecular formula is C16H20N4O2. The highest BCUT2D eigenvalue weighted by atomic mass is 16.3. The van der Waals surface area contributed by atoms with Gasteiger partial charge in [0.25, 0.3) is 5.56 Å². The third kappa shape index (κ3) is 2.47. The van der Waals surface area contributed by atoms with Gasteiger partial charge in [0, 0.05) is 40.5 Å². The molecule has 6 heteroatoms. The summed E-state index contributed by atoms with van der Waals surface area (Å²) in [5, 5.41) is 18.3. The number of aromatic nitrogens is 2. The highest BCUT2D eigenvalue weighted by Crippen LogP contribution is 2.29. The first-order valence-electron chi connectivity index (χ1n) is 7.01. The van der Waals surface area contributed by atoms with Crippen LogP contribution < -0.4 is 11.3 Å². The van der Waals surface area contributed by atoms with Crippen molar-refractivity contribution in [3.63, 3.8) is 0 Å². The fourth-order valence-electron chi connectivity index (χ4n) is 2.45. The van der Waals surface area contributed by atoms with E-state index in [2.05, 4.69) is 4.98 Å². The van der Waals surface area contributed by atoms with Gasteiger partial charge in [-0.1, -0.05) is 13.8 Å². The van der Waals surface area contributed by atoms with Gasteiger partial charge in [0.05, 0.1) is 0 Å². The molecule has 2 heterocycles. The van der Waals surface area contributed by atoms with E-state index < -0.39 is 0 Å². The molecule has 0 fully saturated rings. The Morgan fingerprint density at radius 3 is 2.55 bits per heavy atom. The second-order valence-corrected chi connectivity index (χ2v) is 5.63. The number of fused-ring (bicyclic) bond motifs is 1. The molecule has 2 rings (SSSR count). The van der Waals surface area contributed by atoms with Gasteiger partial charge >= 0.3 is 0 Å². The first-order valence-corrected chi connectivity index (χ1v) is 7.01. The number of rotatable bonds is 3. The number of allylic oxidation sites excluding steroid dienone is 2. The van der Waals surface area contributed by atoms with Gasteiger partial charge < -0.3 is 16.2 Å². The Balaban J connectivity index is 2.82. The van der Waals surface area contributed by atoms with Crippen LogP contribution in [0.1, 0.15) is 44.7 Å². The zero-order valence-electron chi connectivity index (χ0n) is 13.1. The SMILES string of the molecule is CC(=N)/C(=C(/C)N)c1ccn2c(=O)c(C(C)C)cnc2c1O. The van der Waals surface area contributed by atoms with Crippen molar-refractivity contribution in [2.75, 3.05) is 0 Å². The maximum atomic E-state index is 12.4. The molecule has 0 aliphatic heterocycles. The fourth-order valence-corrected chi connectivity index (χ4v) is 2.45. The van der Waals surface area contributed by atoms with Crippen molar-refractivity contribution in [3.8, 4) is 5.75 Å². The molecule has 0 amide bonds. The molecular weight excluding hydrogens is 280 g/mol. The summed E-state index contributed by atoms with van der Waals surface area (Å²) >= 11 is 0. The van der Waals surface area contributed by atoms with Crippen LogP contribution >= 0.6 is 0 Å². The fraction of sp³-hybridized carbons (Fsp3) is 0.312. The van der Waals surface area contributed by atoms with Gasteiger partial charge in [-0.3, -0.25) is 9.20 Å². The molecule has 0 saturated heterocycles. The second-order valence-electron chi connectivity index (χ2n) is 5.63.